The SMILES string of the molecule is CCc1cc2c(C)ccc(OC)c2nc1Cl. The van der Waals surface area contributed by atoms with E-state index in [9.17, 15) is 0 Å². The number of ether oxygens (including phenoxy) is 1. The van der Waals surface area contributed by atoms with Crippen molar-refractivity contribution in [3.63, 3.8) is 0 Å². The standard InChI is InChI=1S/C13H14ClNO/c1-4-9-7-10-8(2)5-6-11(16-3)12(10)15-13(9)14/h5-7H,4H2,1-3H3. The lowest BCUT2D eigenvalue weighted by Crippen LogP contribution is -1.93. The summed E-state index contributed by atoms with van der Waals surface area (Å²) in [5, 5.41) is 1.68. The summed E-state index contributed by atoms with van der Waals surface area (Å²) in [4.78, 5) is 4.42. The monoisotopic (exact) mass is 235 g/mol. The van der Waals surface area contributed by atoms with E-state index in [1.807, 2.05) is 12.1 Å². The van der Waals surface area contributed by atoms with Gasteiger partial charge < -0.3 is 4.74 Å². The van der Waals surface area contributed by atoms with E-state index in [2.05, 4.69) is 24.9 Å². The van der Waals surface area contributed by atoms with Gasteiger partial charge in [0.1, 0.15) is 16.4 Å². The number of pyridine rings is 1. The Kier molecular flexibility index (Phi) is 3.01. The number of fused-ring (bicyclic) bond motifs is 1. The van der Waals surface area contributed by atoms with Crippen LogP contribution in [-0.4, -0.2) is 12.1 Å². The molecule has 1 heterocycles. The second-order valence-corrected chi connectivity index (χ2v) is 4.13. The van der Waals surface area contributed by atoms with Gasteiger partial charge in [-0.25, -0.2) is 4.98 Å². The molecule has 3 heteroatoms. The molecule has 0 amide bonds. The van der Waals surface area contributed by atoms with Crippen LogP contribution in [0, 0.1) is 6.92 Å². The maximum Gasteiger partial charge on any atom is 0.145 e. The van der Waals surface area contributed by atoms with Crippen molar-refractivity contribution < 1.29 is 4.74 Å². The normalized spacial score (nSPS) is 10.8. The van der Waals surface area contributed by atoms with Crippen molar-refractivity contribution in [2.45, 2.75) is 20.3 Å². The Morgan fingerprint density at radius 3 is 2.75 bits per heavy atom. The van der Waals surface area contributed by atoms with Crippen LogP contribution in [0.25, 0.3) is 10.9 Å². The summed E-state index contributed by atoms with van der Waals surface area (Å²) < 4.78 is 5.29. The molecule has 0 aliphatic rings. The third-order valence-corrected chi connectivity index (χ3v) is 3.12. The number of halogens is 1. The lowest BCUT2D eigenvalue weighted by Gasteiger charge is -2.09. The molecule has 1 aromatic carbocycles. The highest BCUT2D eigenvalue weighted by Crippen LogP contribution is 2.30. The predicted molar refractivity (Wildman–Crippen MR) is 67.4 cm³/mol. The summed E-state index contributed by atoms with van der Waals surface area (Å²) in [6.07, 6.45) is 0.887. The topological polar surface area (TPSA) is 22.1 Å². The lowest BCUT2D eigenvalue weighted by molar-refractivity contribution is 0.419. The van der Waals surface area contributed by atoms with Crippen LogP contribution in [0.5, 0.6) is 5.75 Å². The molecule has 0 radical (unpaired) electrons. The highest BCUT2D eigenvalue weighted by molar-refractivity contribution is 6.30. The molecular weight excluding hydrogens is 222 g/mol. The van der Waals surface area contributed by atoms with E-state index in [4.69, 9.17) is 16.3 Å². The molecule has 0 saturated heterocycles. The van der Waals surface area contributed by atoms with Crippen molar-refractivity contribution in [1.82, 2.24) is 4.98 Å². The van der Waals surface area contributed by atoms with E-state index in [1.54, 1.807) is 7.11 Å². The summed E-state index contributed by atoms with van der Waals surface area (Å²) in [6.45, 7) is 4.14. The molecule has 0 unspecified atom stereocenters. The Morgan fingerprint density at radius 1 is 1.38 bits per heavy atom. The van der Waals surface area contributed by atoms with Gasteiger partial charge >= 0.3 is 0 Å². The molecule has 0 aliphatic carbocycles. The van der Waals surface area contributed by atoms with Gasteiger partial charge in [0.2, 0.25) is 0 Å². The number of hydrogen-bond donors (Lipinski definition) is 0. The average Bonchev–Trinajstić information content (AvgIpc) is 2.29. The Labute approximate surface area is 100 Å². The van der Waals surface area contributed by atoms with Crippen molar-refractivity contribution in [1.29, 1.82) is 0 Å². The largest absolute Gasteiger partial charge is 0.494 e. The van der Waals surface area contributed by atoms with E-state index < -0.39 is 0 Å². The van der Waals surface area contributed by atoms with Crippen LogP contribution in [0.2, 0.25) is 5.15 Å². The van der Waals surface area contributed by atoms with Crippen LogP contribution >= 0.6 is 11.6 Å². The molecule has 0 spiro atoms. The van der Waals surface area contributed by atoms with E-state index in [1.165, 1.54) is 5.56 Å². The maximum atomic E-state index is 6.12. The number of benzene rings is 1. The molecular formula is C13H14ClNO. The molecule has 84 valence electrons. The third-order valence-electron chi connectivity index (χ3n) is 2.79. The highest BCUT2D eigenvalue weighted by atomic mass is 35.5. The van der Waals surface area contributed by atoms with Crippen LogP contribution in [0.3, 0.4) is 0 Å². The van der Waals surface area contributed by atoms with Gasteiger partial charge in [0, 0.05) is 5.39 Å². The van der Waals surface area contributed by atoms with Gasteiger partial charge in [-0.05, 0) is 36.6 Å². The van der Waals surface area contributed by atoms with Crippen LogP contribution in [0.4, 0.5) is 0 Å². The van der Waals surface area contributed by atoms with Crippen molar-refractivity contribution >= 4 is 22.5 Å². The first-order chi connectivity index (χ1) is 7.67. The Balaban J connectivity index is 2.82. The minimum atomic E-state index is 0.568. The summed E-state index contributed by atoms with van der Waals surface area (Å²) >= 11 is 6.12. The van der Waals surface area contributed by atoms with Gasteiger partial charge in [-0.3, -0.25) is 0 Å². The van der Waals surface area contributed by atoms with E-state index >= 15 is 0 Å². The highest BCUT2D eigenvalue weighted by Gasteiger charge is 2.09. The Hall–Kier alpha value is -1.28. The molecule has 16 heavy (non-hydrogen) atoms. The lowest BCUT2D eigenvalue weighted by atomic mass is 10.1. The van der Waals surface area contributed by atoms with Crippen LogP contribution < -0.4 is 4.74 Å². The number of methoxy groups -OCH3 is 1. The first kappa shape index (κ1) is 11.2. The van der Waals surface area contributed by atoms with Crippen LogP contribution in [-0.2, 0) is 6.42 Å². The van der Waals surface area contributed by atoms with Gasteiger partial charge in [0.15, 0.2) is 0 Å². The van der Waals surface area contributed by atoms with Gasteiger partial charge in [0.05, 0.1) is 7.11 Å². The summed E-state index contributed by atoms with van der Waals surface area (Å²) in [7, 11) is 1.65. The number of aryl methyl sites for hydroxylation is 2. The molecule has 1 aromatic heterocycles. The van der Waals surface area contributed by atoms with Crippen molar-refractivity contribution in [3.8, 4) is 5.75 Å². The molecule has 2 rings (SSSR count). The zero-order valence-corrected chi connectivity index (χ0v) is 10.4. The fourth-order valence-corrected chi connectivity index (χ4v) is 2.08. The van der Waals surface area contributed by atoms with E-state index in [-0.39, 0.29) is 0 Å². The fourth-order valence-electron chi connectivity index (χ4n) is 1.80. The zero-order chi connectivity index (χ0) is 11.7. The molecule has 0 aliphatic heterocycles. The molecule has 0 saturated carbocycles. The first-order valence-electron chi connectivity index (χ1n) is 5.30. The van der Waals surface area contributed by atoms with E-state index in [0.29, 0.717) is 5.15 Å². The average molecular weight is 236 g/mol. The number of aromatic nitrogens is 1. The van der Waals surface area contributed by atoms with Crippen molar-refractivity contribution in [3.05, 3.63) is 34.5 Å². The summed E-state index contributed by atoms with van der Waals surface area (Å²) in [6, 6.07) is 6.06. The van der Waals surface area contributed by atoms with Gasteiger partial charge in [-0.1, -0.05) is 24.6 Å². The zero-order valence-electron chi connectivity index (χ0n) is 9.67. The number of nitrogens with zero attached hydrogens (tertiary/aromatic N) is 1. The maximum absolute atomic E-state index is 6.12. The minimum absolute atomic E-state index is 0.568. The van der Waals surface area contributed by atoms with Gasteiger partial charge in [0.25, 0.3) is 0 Å². The van der Waals surface area contributed by atoms with Crippen LogP contribution in [0.15, 0.2) is 18.2 Å². The van der Waals surface area contributed by atoms with Gasteiger partial charge in [-0.15, -0.1) is 0 Å². The fraction of sp³-hybridized carbons (Fsp3) is 0.308. The van der Waals surface area contributed by atoms with Crippen LogP contribution in [0.1, 0.15) is 18.1 Å². The minimum Gasteiger partial charge on any atom is -0.494 e. The number of hydrogen-bond acceptors (Lipinski definition) is 2. The van der Waals surface area contributed by atoms with Gasteiger partial charge in [-0.2, -0.15) is 0 Å². The predicted octanol–water partition coefficient (Wildman–Crippen LogP) is 3.77. The van der Waals surface area contributed by atoms with Crippen molar-refractivity contribution in [2.24, 2.45) is 0 Å². The summed E-state index contributed by atoms with van der Waals surface area (Å²) in [5.74, 6) is 0.769. The Morgan fingerprint density at radius 2 is 2.12 bits per heavy atom. The Bertz CT molecular complexity index is 537. The molecule has 0 fully saturated rings. The molecule has 0 bridgehead atoms. The van der Waals surface area contributed by atoms with E-state index in [0.717, 1.165) is 28.6 Å². The molecule has 0 N–H and O–H groups in total. The van der Waals surface area contributed by atoms with Crippen molar-refractivity contribution in [2.75, 3.05) is 7.11 Å². The third kappa shape index (κ3) is 1.74. The first-order valence-corrected chi connectivity index (χ1v) is 5.68. The molecule has 0 atom stereocenters. The number of rotatable bonds is 2. The smallest absolute Gasteiger partial charge is 0.145 e. The second kappa shape index (κ2) is 4.30. The molecule has 2 nitrogen and oxygen atoms in total. The summed E-state index contributed by atoms with van der Waals surface area (Å²) in [5.41, 5.74) is 3.10. The second-order valence-electron chi connectivity index (χ2n) is 3.77. The molecule has 2 aromatic rings. The quantitative estimate of drug-likeness (QED) is 0.740.